The van der Waals surface area contributed by atoms with Crippen LogP contribution in [0.1, 0.15) is 50.3 Å². The summed E-state index contributed by atoms with van der Waals surface area (Å²) in [5, 5.41) is 3.75. The first kappa shape index (κ1) is 25.3. The van der Waals surface area contributed by atoms with Crippen LogP contribution in [0.25, 0.3) is 0 Å². The third-order valence-electron chi connectivity index (χ3n) is 5.26. The third kappa shape index (κ3) is 7.89. The van der Waals surface area contributed by atoms with E-state index in [1.54, 1.807) is 4.90 Å². The Balaban J connectivity index is 2.15. The maximum absolute atomic E-state index is 13.3. The van der Waals surface area contributed by atoms with Crippen molar-refractivity contribution in [2.75, 3.05) is 5.75 Å². The zero-order valence-corrected chi connectivity index (χ0v) is 20.4. The SMILES string of the molecule is CC[C@H](C)NC(=O)[C@H](CC)N(Cc1cccc(C)c1)C(=O)CSCc1ccccc1Cl. The lowest BCUT2D eigenvalue weighted by Crippen LogP contribution is -2.51. The molecule has 6 heteroatoms. The number of nitrogens with one attached hydrogen (secondary N) is 1. The van der Waals surface area contributed by atoms with Crippen LogP contribution in [0.4, 0.5) is 0 Å². The quantitative estimate of drug-likeness (QED) is 0.474. The summed E-state index contributed by atoms with van der Waals surface area (Å²) in [7, 11) is 0. The van der Waals surface area contributed by atoms with E-state index in [-0.39, 0.29) is 17.9 Å². The van der Waals surface area contributed by atoms with Crippen molar-refractivity contribution in [1.82, 2.24) is 10.2 Å². The second-order valence-electron chi connectivity index (χ2n) is 7.84. The van der Waals surface area contributed by atoms with E-state index in [4.69, 9.17) is 11.6 Å². The average Bonchev–Trinajstić information content (AvgIpc) is 2.74. The molecule has 2 amide bonds. The lowest BCUT2D eigenvalue weighted by atomic mass is 10.1. The molecule has 168 valence electrons. The van der Waals surface area contributed by atoms with Gasteiger partial charge in [-0.2, -0.15) is 0 Å². The van der Waals surface area contributed by atoms with Crippen LogP contribution in [-0.4, -0.2) is 34.6 Å². The van der Waals surface area contributed by atoms with E-state index in [0.717, 1.165) is 23.1 Å². The molecular formula is C25H33ClN2O2S. The van der Waals surface area contributed by atoms with Crippen LogP contribution in [0.5, 0.6) is 0 Å². The first-order chi connectivity index (χ1) is 14.8. The summed E-state index contributed by atoms with van der Waals surface area (Å²) < 4.78 is 0. The summed E-state index contributed by atoms with van der Waals surface area (Å²) in [4.78, 5) is 27.9. The fourth-order valence-corrected chi connectivity index (χ4v) is 4.51. The molecule has 0 heterocycles. The molecule has 0 saturated carbocycles. The van der Waals surface area contributed by atoms with E-state index in [2.05, 4.69) is 11.4 Å². The highest BCUT2D eigenvalue weighted by molar-refractivity contribution is 7.99. The minimum atomic E-state index is -0.497. The molecule has 0 aliphatic heterocycles. The van der Waals surface area contributed by atoms with Crippen molar-refractivity contribution >= 4 is 35.2 Å². The molecule has 2 rings (SSSR count). The summed E-state index contributed by atoms with van der Waals surface area (Å²) in [6.45, 7) is 8.42. The minimum Gasteiger partial charge on any atom is -0.352 e. The van der Waals surface area contributed by atoms with Crippen LogP contribution < -0.4 is 5.32 Å². The van der Waals surface area contributed by atoms with Crippen molar-refractivity contribution in [2.24, 2.45) is 0 Å². The van der Waals surface area contributed by atoms with Crippen LogP contribution in [0.2, 0.25) is 5.02 Å². The lowest BCUT2D eigenvalue weighted by molar-refractivity contribution is -0.139. The molecule has 31 heavy (non-hydrogen) atoms. The van der Waals surface area contributed by atoms with E-state index in [0.29, 0.717) is 29.5 Å². The Morgan fingerprint density at radius 2 is 1.84 bits per heavy atom. The number of thioether (sulfide) groups is 1. The molecule has 2 aromatic carbocycles. The monoisotopic (exact) mass is 460 g/mol. The van der Waals surface area contributed by atoms with Gasteiger partial charge in [-0.15, -0.1) is 11.8 Å². The smallest absolute Gasteiger partial charge is 0.243 e. The maximum atomic E-state index is 13.3. The summed E-state index contributed by atoms with van der Waals surface area (Å²) in [5.74, 6) is 0.822. The Bertz CT molecular complexity index is 874. The molecule has 0 unspecified atom stereocenters. The predicted molar refractivity (Wildman–Crippen MR) is 131 cm³/mol. The Labute approximate surface area is 195 Å². The number of benzene rings is 2. The number of carbonyl (C=O) groups is 2. The van der Waals surface area contributed by atoms with E-state index in [9.17, 15) is 9.59 Å². The van der Waals surface area contributed by atoms with Gasteiger partial charge < -0.3 is 10.2 Å². The number of carbonyl (C=O) groups excluding carboxylic acids is 2. The Morgan fingerprint density at radius 3 is 2.48 bits per heavy atom. The first-order valence-electron chi connectivity index (χ1n) is 10.8. The van der Waals surface area contributed by atoms with E-state index < -0.39 is 6.04 Å². The highest BCUT2D eigenvalue weighted by atomic mass is 35.5. The maximum Gasteiger partial charge on any atom is 0.243 e. The zero-order chi connectivity index (χ0) is 22.8. The predicted octanol–water partition coefficient (Wildman–Crippen LogP) is 5.60. The fraction of sp³-hybridized carbons (Fsp3) is 0.440. The Hall–Kier alpha value is -1.98. The van der Waals surface area contributed by atoms with Crippen molar-refractivity contribution in [3.05, 3.63) is 70.2 Å². The second kappa shape index (κ2) is 12.8. The number of aryl methyl sites for hydroxylation is 1. The van der Waals surface area contributed by atoms with Crippen LogP contribution >= 0.6 is 23.4 Å². The number of rotatable bonds is 11. The van der Waals surface area contributed by atoms with Crippen molar-refractivity contribution in [3.8, 4) is 0 Å². The summed E-state index contributed by atoms with van der Waals surface area (Å²) in [5.41, 5.74) is 3.17. The van der Waals surface area contributed by atoms with Crippen molar-refractivity contribution in [3.63, 3.8) is 0 Å². The van der Waals surface area contributed by atoms with Crippen LogP contribution in [0.3, 0.4) is 0 Å². The topological polar surface area (TPSA) is 49.4 Å². The largest absolute Gasteiger partial charge is 0.352 e. The van der Waals surface area contributed by atoms with Crippen molar-refractivity contribution in [1.29, 1.82) is 0 Å². The van der Waals surface area contributed by atoms with Gasteiger partial charge in [-0.3, -0.25) is 9.59 Å². The van der Waals surface area contributed by atoms with Crippen LogP contribution in [0, 0.1) is 6.92 Å². The van der Waals surface area contributed by atoms with E-state index in [1.165, 1.54) is 11.8 Å². The fourth-order valence-electron chi connectivity index (χ4n) is 3.31. The summed E-state index contributed by atoms with van der Waals surface area (Å²) in [6, 6.07) is 15.3. The van der Waals surface area contributed by atoms with Gasteiger partial charge in [0.1, 0.15) is 6.04 Å². The molecule has 2 aromatic rings. The van der Waals surface area contributed by atoms with Crippen molar-refractivity contribution < 1.29 is 9.59 Å². The van der Waals surface area contributed by atoms with Gasteiger partial charge in [-0.25, -0.2) is 0 Å². The zero-order valence-electron chi connectivity index (χ0n) is 18.9. The molecule has 2 atom stereocenters. The van der Waals surface area contributed by atoms with Gasteiger partial charge in [0.05, 0.1) is 5.75 Å². The Morgan fingerprint density at radius 1 is 1.10 bits per heavy atom. The Kier molecular flexibility index (Phi) is 10.4. The average molecular weight is 461 g/mol. The molecule has 0 spiro atoms. The number of halogens is 1. The van der Waals surface area contributed by atoms with Gasteiger partial charge >= 0.3 is 0 Å². The normalized spacial score (nSPS) is 12.8. The number of hydrogen-bond acceptors (Lipinski definition) is 3. The van der Waals surface area contributed by atoms with Crippen molar-refractivity contribution in [2.45, 2.75) is 64.9 Å². The first-order valence-corrected chi connectivity index (χ1v) is 12.4. The van der Waals surface area contributed by atoms with Gasteiger partial charge in [0, 0.05) is 23.4 Å². The summed E-state index contributed by atoms with van der Waals surface area (Å²) >= 11 is 7.76. The van der Waals surface area contributed by atoms with E-state index >= 15 is 0 Å². The number of amides is 2. The molecule has 0 aromatic heterocycles. The van der Waals surface area contributed by atoms with Gasteiger partial charge in [0.25, 0.3) is 0 Å². The molecule has 0 aliphatic rings. The molecular weight excluding hydrogens is 428 g/mol. The molecule has 0 radical (unpaired) electrons. The lowest BCUT2D eigenvalue weighted by Gasteiger charge is -2.31. The molecule has 1 N–H and O–H groups in total. The molecule has 0 fully saturated rings. The minimum absolute atomic E-state index is 0.0373. The van der Waals surface area contributed by atoms with Gasteiger partial charge in [-0.1, -0.05) is 73.5 Å². The number of nitrogens with zero attached hydrogens (tertiary/aromatic N) is 1. The highest BCUT2D eigenvalue weighted by Gasteiger charge is 2.29. The van der Waals surface area contributed by atoms with E-state index in [1.807, 2.05) is 70.2 Å². The number of hydrogen-bond donors (Lipinski definition) is 1. The standard InChI is InChI=1S/C25H33ClN2O2S/c1-5-19(4)27-25(30)23(6-2)28(15-20-11-9-10-18(3)14-20)24(29)17-31-16-21-12-7-8-13-22(21)26/h7-14,19,23H,5-6,15-17H2,1-4H3,(H,27,30)/t19-,23-/m0/s1. The third-order valence-corrected chi connectivity index (χ3v) is 6.60. The molecule has 4 nitrogen and oxygen atoms in total. The van der Waals surface area contributed by atoms with Gasteiger partial charge in [0.2, 0.25) is 11.8 Å². The second-order valence-corrected chi connectivity index (χ2v) is 9.23. The summed E-state index contributed by atoms with van der Waals surface area (Å²) in [6.07, 6.45) is 1.41. The molecule has 0 bridgehead atoms. The molecule has 0 saturated heterocycles. The van der Waals surface area contributed by atoms with Crippen LogP contribution in [0.15, 0.2) is 48.5 Å². The van der Waals surface area contributed by atoms with Gasteiger partial charge in [-0.05, 0) is 43.9 Å². The van der Waals surface area contributed by atoms with Crippen LogP contribution in [-0.2, 0) is 21.9 Å². The van der Waals surface area contributed by atoms with Gasteiger partial charge in [0.15, 0.2) is 0 Å². The molecule has 0 aliphatic carbocycles. The highest BCUT2D eigenvalue weighted by Crippen LogP contribution is 2.22.